The molecule has 2 aliphatic rings. The highest BCUT2D eigenvalue weighted by Crippen LogP contribution is 2.67. The van der Waals surface area contributed by atoms with Gasteiger partial charge >= 0.3 is 0 Å². The van der Waals surface area contributed by atoms with Crippen LogP contribution >= 0.6 is 0 Å². The van der Waals surface area contributed by atoms with E-state index in [4.69, 9.17) is 0 Å². The Morgan fingerprint density at radius 1 is 0.263 bits per heavy atom. The van der Waals surface area contributed by atoms with Crippen molar-refractivity contribution in [2.24, 2.45) is 0 Å². The van der Waals surface area contributed by atoms with E-state index in [9.17, 15) is 0 Å². The number of hydrogen-bond donors (Lipinski definition) is 0. The van der Waals surface area contributed by atoms with Crippen molar-refractivity contribution in [1.82, 2.24) is 0 Å². The Balaban J connectivity index is 1.19. The van der Waals surface area contributed by atoms with Crippen LogP contribution in [-0.4, -0.2) is 0 Å². The number of benzene rings is 12. The van der Waals surface area contributed by atoms with Crippen molar-refractivity contribution in [3.8, 4) is 33.4 Å². The van der Waals surface area contributed by atoms with E-state index in [0.29, 0.717) is 0 Å². The van der Waals surface area contributed by atoms with Gasteiger partial charge in [0.25, 0.3) is 0 Å². The second-order valence-corrected chi connectivity index (χ2v) is 16.2. The van der Waals surface area contributed by atoms with Gasteiger partial charge in [-0.2, -0.15) is 0 Å². The lowest BCUT2D eigenvalue weighted by atomic mass is 9.68. The SMILES string of the molecule is c1ccc2c(c1)-c1ccccc1C21c2c(c3ccccc3c3ccccc23)-c2c1c1ccc(-c3ccc4ccc5cccc6ccc3c4c56)cc1c1ccccc21. The predicted molar refractivity (Wildman–Crippen MR) is 242 cm³/mol. The highest BCUT2D eigenvalue weighted by atomic mass is 14.5. The summed E-state index contributed by atoms with van der Waals surface area (Å²) in [5, 5.41) is 18.4. The van der Waals surface area contributed by atoms with Gasteiger partial charge in [0.05, 0.1) is 5.41 Å². The second kappa shape index (κ2) is 10.5. The Kier molecular flexibility index (Phi) is 5.53. The van der Waals surface area contributed by atoms with Gasteiger partial charge in [-0.25, -0.2) is 0 Å². The molecule has 260 valence electrons. The first-order valence-corrected chi connectivity index (χ1v) is 20.1. The van der Waals surface area contributed by atoms with Gasteiger partial charge in [-0.15, -0.1) is 0 Å². The fourth-order valence-electron chi connectivity index (χ4n) is 11.7. The highest BCUT2D eigenvalue weighted by molar-refractivity contribution is 6.29. The Labute approximate surface area is 329 Å². The van der Waals surface area contributed by atoms with E-state index in [-0.39, 0.29) is 0 Å². The first kappa shape index (κ1) is 30.0. The molecule has 0 unspecified atom stereocenters. The summed E-state index contributed by atoms with van der Waals surface area (Å²) in [6.45, 7) is 0. The lowest BCUT2D eigenvalue weighted by Gasteiger charge is -2.33. The lowest BCUT2D eigenvalue weighted by molar-refractivity contribution is 0.810. The average Bonchev–Trinajstić information content (AvgIpc) is 3.77. The Hall–Kier alpha value is -7.28. The van der Waals surface area contributed by atoms with Crippen LogP contribution in [0.4, 0.5) is 0 Å². The molecule has 12 aromatic carbocycles. The molecule has 0 fully saturated rings. The highest BCUT2D eigenvalue weighted by Gasteiger charge is 2.54. The van der Waals surface area contributed by atoms with Crippen molar-refractivity contribution in [3.63, 3.8) is 0 Å². The van der Waals surface area contributed by atoms with E-state index in [1.54, 1.807) is 0 Å². The first-order valence-electron chi connectivity index (χ1n) is 20.1. The van der Waals surface area contributed by atoms with Crippen molar-refractivity contribution < 1.29 is 0 Å². The van der Waals surface area contributed by atoms with Crippen molar-refractivity contribution in [2.75, 3.05) is 0 Å². The van der Waals surface area contributed by atoms with Crippen LogP contribution < -0.4 is 0 Å². The van der Waals surface area contributed by atoms with Crippen molar-refractivity contribution >= 4 is 75.4 Å². The molecular formula is C57H32. The van der Waals surface area contributed by atoms with E-state index in [1.165, 1.54) is 131 Å². The van der Waals surface area contributed by atoms with Crippen molar-refractivity contribution in [3.05, 3.63) is 216 Å². The molecule has 0 radical (unpaired) electrons. The molecule has 0 saturated heterocycles. The van der Waals surface area contributed by atoms with Crippen LogP contribution in [0.5, 0.6) is 0 Å². The quantitative estimate of drug-likeness (QED) is 0.148. The van der Waals surface area contributed by atoms with Crippen LogP contribution in [0, 0.1) is 0 Å². The van der Waals surface area contributed by atoms with Crippen LogP contribution in [0.1, 0.15) is 22.3 Å². The van der Waals surface area contributed by atoms with Gasteiger partial charge in [-0.1, -0.05) is 188 Å². The summed E-state index contributed by atoms with van der Waals surface area (Å²) in [4.78, 5) is 0. The molecule has 12 aromatic rings. The monoisotopic (exact) mass is 716 g/mol. The fraction of sp³-hybridized carbons (Fsp3) is 0.0175. The van der Waals surface area contributed by atoms with Gasteiger partial charge in [-0.05, 0) is 137 Å². The largest absolute Gasteiger partial charge is 0.0738 e. The molecule has 0 aliphatic heterocycles. The third kappa shape index (κ3) is 3.52. The van der Waals surface area contributed by atoms with E-state index in [2.05, 4.69) is 194 Å². The molecule has 0 amide bonds. The second-order valence-electron chi connectivity index (χ2n) is 16.2. The van der Waals surface area contributed by atoms with Gasteiger partial charge in [0.15, 0.2) is 0 Å². The van der Waals surface area contributed by atoms with Crippen molar-refractivity contribution in [1.29, 1.82) is 0 Å². The number of fused-ring (bicyclic) bond motifs is 20. The summed E-state index contributed by atoms with van der Waals surface area (Å²) in [5.74, 6) is 0. The number of rotatable bonds is 1. The van der Waals surface area contributed by atoms with Crippen LogP contribution in [0.15, 0.2) is 194 Å². The van der Waals surface area contributed by atoms with Gasteiger partial charge in [0.2, 0.25) is 0 Å². The molecule has 0 bridgehead atoms. The zero-order valence-electron chi connectivity index (χ0n) is 31.0. The Morgan fingerprint density at radius 2 is 0.719 bits per heavy atom. The first-order chi connectivity index (χ1) is 28.3. The normalized spacial score (nSPS) is 13.8. The molecule has 0 nitrogen and oxygen atoms in total. The Bertz CT molecular complexity index is 3690. The van der Waals surface area contributed by atoms with E-state index in [1.807, 2.05) is 0 Å². The topological polar surface area (TPSA) is 0 Å². The van der Waals surface area contributed by atoms with E-state index >= 15 is 0 Å². The maximum atomic E-state index is 2.50. The number of hydrogen-bond acceptors (Lipinski definition) is 0. The summed E-state index contributed by atoms with van der Waals surface area (Å²) in [6, 6.07) is 73.9. The fourth-order valence-corrected chi connectivity index (χ4v) is 11.7. The summed E-state index contributed by atoms with van der Waals surface area (Å²) in [5.41, 5.74) is 13.0. The summed E-state index contributed by atoms with van der Waals surface area (Å²) >= 11 is 0. The molecule has 0 N–H and O–H groups in total. The summed E-state index contributed by atoms with van der Waals surface area (Å²) in [7, 11) is 0. The molecule has 0 saturated carbocycles. The van der Waals surface area contributed by atoms with Crippen molar-refractivity contribution in [2.45, 2.75) is 5.41 Å². The zero-order valence-corrected chi connectivity index (χ0v) is 31.0. The third-order valence-corrected chi connectivity index (χ3v) is 13.8. The maximum Gasteiger partial charge on any atom is 0.0738 e. The van der Waals surface area contributed by atoms with E-state index < -0.39 is 5.41 Å². The van der Waals surface area contributed by atoms with Crippen LogP contribution in [0.3, 0.4) is 0 Å². The molecule has 0 heterocycles. The minimum Gasteiger partial charge on any atom is -0.0619 e. The molecule has 2 aliphatic carbocycles. The van der Waals surface area contributed by atoms with Gasteiger partial charge in [0.1, 0.15) is 0 Å². The summed E-state index contributed by atoms with van der Waals surface area (Å²) < 4.78 is 0. The molecule has 14 rings (SSSR count). The maximum absolute atomic E-state index is 2.50. The zero-order chi connectivity index (χ0) is 37.0. The van der Waals surface area contributed by atoms with Gasteiger partial charge in [-0.3, -0.25) is 0 Å². The molecule has 1 spiro atoms. The van der Waals surface area contributed by atoms with Gasteiger partial charge < -0.3 is 0 Å². The van der Waals surface area contributed by atoms with Gasteiger partial charge in [0, 0.05) is 0 Å². The minimum absolute atomic E-state index is 0.516. The smallest absolute Gasteiger partial charge is 0.0619 e. The third-order valence-electron chi connectivity index (χ3n) is 13.8. The van der Waals surface area contributed by atoms with Crippen LogP contribution in [-0.2, 0) is 5.41 Å². The minimum atomic E-state index is -0.516. The predicted octanol–water partition coefficient (Wildman–Crippen LogP) is 15.2. The molecule has 57 heavy (non-hydrogen) atoms. The Morgan fingerprint density at radius 3 is 1.37 bits per heavy atom. The molecule has 0 atom stereocenters. The average molecular weight is 717 g/mol. The van der Waals surface area contributed by atoms with Crippen LogP contribution in [0.2, 0.25) is 0 Å². The van der Waals surface area contributed by atoms with E-state index in [0.717, 1.165) is 0 Å². The standard InChI is InChI=1S/C57H32/c1-4-19-43-38(14-1)39-15-3-6-21-46(39)55-53(43)54-44-20-5-2-16-40(44)48-32-36(37-29-26-35-25-24-33-12-11-13-34-27-30-45(37)52(35)51(33)34)28-31-47(48)56(54)57(55)49-22-9-7-17-41(49)42-18-8-10-23-50(42)57/h1-32H. The summed E-state index contributed by atoms with van der Waals surface area (Å²) in [6.07, 6.45) is 0. The molecule has 0 heteroatoms. The molecule has 0 aromatic heterocycles. The molecular weight excluding hydrogens is 685 g/mol. The lowest BCUT2D eigenvalue weighted by Crippen LogP contribution is -2.26. The van der Waals surface area contributed by atoms with Crippen LogP contribution in [0.25, 0.3) is 109 Å².